The van der Waals surface area contributed by atoms with Crippen molar-refractivity contribution in [2.75, 3.05) is 4.72 Å². The number of rotatable bonds is 4. The van der Waals surface area contributed by atoms with Gasteiger partial charge in [0.05, 0.1) is 4.90 Å². The van der Waals surface area contributed by atoms with Gasteiger partial charge in [-0.2, -0.15) is 0 Å². The molecule has 3 N–H and O–H groups in total. The molecule has 1 aromatic heterocycles. The van der Waals surface area contributed by atoms with Crippen LogP contribution in [0.2, 0.25) is 0 Å². The van der Waals surface area contributed by atoms with E-state index >= 15 is 0 Å². The molecule has 0 amide bonds. The maximum atomic E-state index is 12.3. The first-order valence-electron chi connectivity index (χ1n) is 5.84. The molecular formula is C13H12BrN3O2S2. The summed E-state index contributed by atoms with van der Waals surface area (Å²) in [5, 5.41) is 0. The Hall–Kier alpha value is -1.51. The first kappa shape index (κ1) is 15.9. The fourth-order valence-corrected chi connectivity index (χ4v) is 3.00. The molecule has 21 heavy (non-hydrogen) atoms. The number of aryl methyl sites for hydroxylation is 1. The maximum Gasteiger partial charge on any atom is 0.263 e. The number of nitrogens with two attached hydrogens (primary N) is 1. The number of halogens is 1. The van der Waals surface area contributed by atoms with Crippen LogP contribution >= 0.6 is 28.1 Å². The van der Waals surface area contributed by atoms with Crippen molar-refractivity contribution in [3.8, 4) is 0 Å². The molecule has 0 fully saturated rings. The van der Waals surface area contributed by atoms with Crippen LogP contribution in [0.3, 0.4) is 0 Å². The molecule has 1 aromatic carbocycles. The second-order valence-electron chi connectivity index (χ2n) is 4.32. The summed E-state index contributed by atoms with van der Waals surface area (Å²) in [6, 6.07) is 7.78. The number of hydrogen-bond acceptors (Lipinski definition) is 4. The van der Waals surface area contributed by atoms with E-state index in [0.717, 1.165) is 10.0 Å². The standard InChI is InChI=1S/C13H12BrN3O2S2/c1-8-5-12(16-7-11(8)14)17-21(18,19)10-4-2-3-9(6-10)13(15)20/h2-7H,1H3,(H2,15,20)(H,16,17). The number of nitrogens with zero attached hydrogens (tertiary/aromatic N) is 1. The summed E-state index contributed by atoms with van der Waals surface area (Å²) in [6.45, 7) is 1.84. The second-order valence-corrected chi connectivity index (χ2v) is 7.29. The summed E-state index contributed by atoms with van der Waals surface area (Å²) in [5.74, 6) is 0.247. The van der Waals surface area contributed by atoms with Crippen molar-refractivity contribution in [1.82, 2.24) is 4.98 Å². The molecule has 2 rings (SSSR count). The first-order valence-corrected chi connectivity index (χ1v) is 8.53. The van der Waals surface area contributed by atoms with E-state index in [-0.39, 0.29) is 15.7 Å². The Balaban J connectivity index is 2.36. The van der Waals surface area contributed by atoms with Gasteiger partial charge in [0, 0.05) is 16.2 Å². The fourth-order valence-electron chi connectivity index (χ4n) is 1.61. The molecule has 2 aromatic rings. The molecule has 110 valence electrons. The van der Waals surface area contributed by atoms with Gasteiger partial charge in [0.1, 0.15) is 10.8 Å². The number of sulfonamides is 1. The molecule has 0 atom stereocenters. The van der Waals surface area contributed by atoms with E-state index < -0.39 is 10.0 Å². The van der Waals surface area contributed by atoms with Crippen LogP contribution in [0.5, 0.6) is 0 Å². The number of nitrogens with one attached hydrogen (secondary N) is 1. The molecule has 0 aliphatic carbocycles. The number of benzene rings is 1. The Morgan fingerprint density at radius 1 is 1.38 bits per heavy atom. The third-order valence-electron chi connectivity index (χ3n) is 2.71. The highest BCUT2D eigenvalue weighted by atomic mass is 79.9. The van der Waals surface area contributed by atoms with E-state index in [1.54, 1.807) is 24.4 Å². The van der Waals surface area contributed by atoms with Crippen LogP contribution in [-0.2, 0) is 10.0 Å². The minimum Gasteiger partial charge on any atom is -0.389 e. The highest BCUT2D eigenvalue weighted by Gasteiger charge is 2.16. The van der Waals surface area contributed by atoms with Gasteiger partial charge < -0.3 is 5.73 Å². The highest BCUT2D eigenvalue weighted by Crippen LogP contribution is 2.20. The zero-order valence-corrected chi connectivity index (χ0v) is 14.2. The summed E-state index contributed by atoms with van der Waals surface area (Å²) >= 11 is 8.16. The minimum atomic E-state index is -3.74. The van der Waals surface area contributed by atoms with Gasteiger partial charge in [-0.25, -0.2) is 13.4 Å². The minimum absolute atomic E-state index is 0.0789. The summed E-state index contributed by atoms with van der Waals surface area (Å²) in [6.07, 6.45) is 1.54. The molecule has 8 heteroatoms. The van der Waals surface area contributed by atoms with Gasteiger partial charge in [-0.1, -0.05) is 24.4 Å². The number of aromatic nitrogens is 1. The zero-order valence-electron chi connectivity index (χ0n) is 11.0. The molecule has 1 heterocycles. The van der Waals surface area contributed by atoms with Crippen molar-refractivity contribution in [2.45, 2.75) is 11.8 Å². The Bertz CT molecular complexity index is 807. The van der Waals surface area contributed by atoms with E-state index in [2.05, 4.69) is 25.6 Å². The molecule has 0 aliphatic rings. The average Bonchev–Trinajstić information content (AvgIpc) is 2.43. The summed E-state index contributed by atoms with van der Waals surface area (Å²) in [4.78, 5) is 4.24. The van der Waals surface area contributed by atoms with E-state index in [4.69, 9.17) is 18.0 Å². The van der Waals surface area contributed by atoms with Crippen molar-refractivity contribution >= 4 is 49.0 Å². The Labute approximate surface area is 136 Å². The Morgan fingerprint density at radius 3 is 2.71 bits per heavy atom. The van der Waals surface area contributed by atoms with Crippen molar-refractivity contribution in [3.63, 3.8) is 0 Å². The lowest BCUT2D eigenvalue weighted by Gasteiger charge is -2.09. The van der Waals surface area contributed by atoms with Gasteiger partial charge in [0.15, 0.2) is 0 Å². The first-order chi connectivity index (χ1) is 9.79. The van der Waals surface area contributed by atoms with Crippen molar-refractivity contribution < 1.29 is 8.42 Å². The van der Waals surface area contributed by atoms with Crippen molar-refractivity contribution in [1.29, 1.82) is 0 Å². The molecule has 0 unspecified atom stereocenters. The van der Waals surface area contributed by atoms with Crippen LogP contribution < -0.4 is 10.5 Å². The molecular weight excluding hydrogens is 374 g/mol. The van der Waals surface area contributed by atoms with Gasteiger partial charge in [0.25, 0.3) is 10.0 Å². The van der Waals surface area contributed by atoms with E-state index in [1.807, 2.05) is 6.92 Å². The second kappa shape index (κ2) is 6.08. The smallest absolute Gasteiger partial charge is 0.263 e. The van der Waals surface area contributed by atoms with Crippen LogP contribution in [0.25, 0.3) is 0 Å². The normalized spacial score (nSPS) is 11.1. The predicted octanol–water partition coefficient (Wildman–Crippen LogP) is 2.59. The SMILES string of the molecule is Cc1cc(NS(=O)(=O)c2cccc(C(N)=S)c2)ncc1Br. The van der Waals surface area contributed by atoms with Gasteiger partial charge in [0.2, 0.25) is 0 Å². The van der Waals surface area contributed by atoms with Crippen molar-refractivity contribution in [3.05, 3.63) is 52.1 Å². The molecule has 0 saturated heterocycles. The quantitative estimate of drug-likeness (QED) is 0.789. The van der Waals surface area contributed by atoms with Crippen LogP contribution in [0.15, 0.2) is 45.9 Å². The van der Waals surface area contributed by atoms with Crippen LogP contribution in [0.4, 0.5) is 5.82 Å². The van der Waals surface area contributed by atoms with E-state index in [0.29, 0.717) is 5.56 Å². The molecule has 0 bridgehead atoms. The number of hydrogen-bond donors (Lipinski definition) is 2. The van der Waals surface area contributed by atoms with Gasteiger partial charge in [-0.15, -0.1) is 0 Å². The topological polar surface area (TPSA) is 85.1 Å². The van der Waals surface area contributed by atoms with E-state index in [1.165, 1.54) is 12.1 Å². The predicted molar refractivity (Wildman–Crippen MR) is 89.8 cm³/mol. The third-order valence-corrected chi connectivity index (χ3v) is 5.13. The number of anilines is 1. The number of thiocarbonyl (C=S) groups is 1. The fraction of sp³-hybridized carbons (Fsp3) is 0.0769. The third kappa shape index (κ3) is 3.78. The lowest BCUT2D eigenvalue weighted by atomic mass is 10.2. The number of pyridine rings is 1. The molecule has 0 spiro atoms. The van der Waals surface area contributed by atoms with Crippen LogP contribution in [-0.4, -0.2) is 18.4 Å². The zero-order chi connectivity index (χ0) is 15.6. The van der Waals surface area contributed by atoms with Crippen LogP contribution in [0.1, 0.15) is 11.1 Å². The molecule has 0 saturated carbocycles. The van der Waals surface area contributed by atoms with Gasteiger partial charge >= 0.3 is 0 Å². The summed E-state index contributed by atoms with van der Waals surface area (Å²) in [5.41, 5.74) is 6.88. The lowest BCUT2D eigenvalue weighted by molar-refractivity contribution is 0.601. The average molecular weight is 386 g/mol. The Kier molecular flexibility index (Phi) is 4.60. The lowest BCUT2D eigenvalue weighted by Crippen LogP contribution is -2.16. The van der Waals surface area contributed by atoms with Gasteiger partial charge in [-0.05, 0) is 46.6 Å². The van der Waals surface area contributed by atoms with Crippen LogP contribution in [0, 0.1) is 6.92 Å². The van der Waals surface area contributed by atoms with Gasteiger partial charge in [-0.3, -0.25) is 4.72 Å². The molecule has 0 radical (unpaired) electrons. The van der Waals surface area contributed by atoms with Crippen molar-refractivity contribution in [2.24, 2.45) is 5.73 Å². The largest absolute Gasteiger partial charge is 0.389 e. The highest BCUT2D eigenvalue weighted by molar-refractivity contribution is 9.10. The summed E-state index contributed by atoms with van der Waals surface area (Å²) < 4.78 is 27.9. The monoisotopic (exact) mass is 385 g/mol. The maximum absolute atomic E-state index is 12.3. The molecule has 5 nitrogen and oxygen atoms in total. The summed E-state index contributed by atoms with van der Waals surface area (Å²) in [7, 11) is -3.74. The molecule has 0 aliphatic heterocycles. The Morgan fingerprint density at radius 2 is 2.10 bits per heavy atom. The van der Waals surface area contributed by atoms with E-state index in [9.17, 15) is 8.42 Å².